The highest BCUT2D eigenvalue weighted by atomic mass is 19.1. The Labute approximate surface area is 154 Å². The van der Waals surface area contributed by atoms with Gasteiger partial charge in [0.15, 0.2) is 5.58 Å². The molecule has 134 valence electrons. The van der Waals surface area contributed by atoms with Gasteiger partial charge in [-0.3, -0.25) is 4.79 Å². The summed E-state index contributed by atoms with van der Waals surface area (Å²) in [5.41, 5.74) is 2.35. The number of hydrogen-bond donors (Lipinski definition) is 1. The maximum atomic E-state index is 13.9. The second-order valence-corrected chi connectivity index (χ2v) is 5.87. The van der Waals surface area contributed by atoms with E-state index in [0.717, 1.165) is 0 Å². The average Bonchev–Trinajstić information content (AvgIpc) is 3.11. The van der Waals surface area contributed by atoms with Crippen LogP contribution in [0, 0.1) is 5.82 Å². The van der Waals surface area contributed by atoms with E-state index >= 15 is 0 Å². The summed E-state index contributed by atoms with van der Waals surface area (Å²) in [6, 6.07) is 18.2. The van der Waals surface area contributed by atoms with Crippen LogP contribution in [0.1, 0.15) is 10.4 Å². The number of carbonyl (C=O) groups is 1. The van der Waals surface area contributed by atoms with Gasteiger partial charge in [-0.15, -0.1) is 0 Å². The zero-order valence-electron chi connectivity index (χ0n) is 14.4. The number of benzene rings is 3. The molecule has 1 heterocycles. The molecule has 0 fully saturated rings. The Morgan fingerprint density at radius 3 is 2.74 bits per heavy atom. The molecular weight excluding hydrogens is 347 g/mol. The largest absolute Gasteiger partial charge is 0.497 e. The number of nitrogens with one attached hydrogen (secondary N) is 1. The third-order valence-corrected chi connectivity index (χ3v) is 4.08. The zero-order valence-corrected chi connectivity index (χ0v) is 14.4. The second kappa shape index (κ2) is 6.92. The molecule has 27 heavy (non-hydrogen) atoms. The number of halogens is 1. The zero-order chi connectivity index (χ0) is 18.8. The smallest absolute Gasteiger partial charge is 0.255 e. The number of methoxy groups -OCH3 is 1. The molecule has 4 aromatic rings. The van der Waals surface area contributed by atoms with Crippen molar-refractivity contribution in [3.05, 3.63) is 78.1 Å². The van der Waals surface area contributed by atoms with Gasteiger partial charge < -0.3 is 14.5 Å². The number of ether oxygens (including phenoxy) is 1. The number of oxazole rings is 1. The number of hydrogen-bond acceptors (Lipinski definition) is 4. The van der Waals surface area contributed by atoms with Crippen LogP contribution in [-0.2, 0) is 0 Å². The fourth-order valence-corrected chi connectivity index (χ4v) is 2.72. The van der Waals surface area contributed by atoms with E-state index < -0.39 is 5.82 Å². The molecule has 4 rings (SSSR count). The molecule has 3 aromatic carbocycles. The monoisotopic (exact) mass is 362 g/mol. The van der Waals surface area contributed by atoms with Crippen LogP contribution in [0.2, 0.25) is 0 Å². The van der Waals surface area contributed by atoms with E-state index in [2.05, 4.69) is 10.3 Å². The highest BCUT2D eigenvalue weighted by molar-refractivity contribution is 6.05. The molecule has 0 atom stereocenters. The molecule has 0 aliphatic heterocycles. The van der Waals surface area contributed by atoms with Gasteiger partial charge in [-0.1, -0.05) is 18.2 Å². The van der Waals surface area contributed by atoms with Gasteiger partial charge in [-0.05, 0) is 48.5 Å². The van der Waals surface area contributed by atoms with Crippen LogP contribution in [0.5, 0.6) is 5.75 Å². The standard InChI is InChI=1S/C21H15FN2O3/c1-26-15-6-4-5-13(11-15)20(25)23-14-9-10-19-18(12-14)24-21(27-19)16-7-2-3-8-17(16)22/h2-12H,1H3,(H,23,25). The molecular formula is C21H15FN2O3. The normalized spacial score (nSPS) is 10.7. The van der Waals surface area contributed by atoms with Gasteiger partial charge in [0.25, 0.3) is 5.91 Å². The molecule has 1 amide bonds. The molecule has 6 heteroatoms. The second-order valence-electron chi connectivity index (χ2n) is 5.87. The molecule has 1 N–H and O–H groups in total. The predicted octanol–water partition coefficient (Wildman–Crippen LogP) is 4.89. The van der Waals surface area contributed by atoms with Crippen molar-refractivity contribution in [2.24, 2.45) is 0 Å². The van der Waals surface area contributed by atoms with Crippen LogP contribution in [0.4, 0.5) is 10.1 Å². The summed E-state index contributed by atoms with van der Waals surface area (Å²) >= 11 is 0. The van der Waals surface area contributed by atoms with E-state index in [-0.39, 0.29) is 17.4 Å². The molecule has 0 saturated carbocycles. The van der Waals surface area contributed by atoms with E-state index in [1.165, 1.54) is 6.07 Å². The van der Waals surface area contributed by atoms with Crippen LogP contribution in [0.3, 0.4) is 0 Å². The number of anilines is 1. The Hall–Kier alpha value is -3.67. The number of fused-ring (bicyclic) bond motifs is 1. The van der Waals surface area contributed by atoms with Gasteiger partial charge in [0.2, 0.25) is 5.89 Å². The van der Waals surface area contributed by atoms with E-state index in [1.807, 2.05) is 0 Å². The summed E-state index contributed by atoms with van der Waals surface area (Å²) in [5, 5.41) is 2.81. The maximum Gasteiger partial charge on any atom is 0.255 e. The summed E-state index contributed by atoms with van der Waals surface area (Å²) in [5.74, 6) is 0.116. The van der Waals surface area contributed by atoms with Gasteiger partial charge in [-0.2, -0.15) is 0 Å². The summed E-state index contributed by atoms with van der Waals surface area (Å²) in [4.78, 5) is 16.8. The number of amides is 1. The summed E-state index contributed by atoms with van der Waals surface area (Å²) < 4.78 is 24.7. The first-order chi connectivity index (χ1) is 13.1. The third-order valence-electron chi connectivity index (χ3n) is 4.08. The van der Waals surface area contributed by atoms with Gasteiger partial charge >= 0.3 is 0 Å². The minimum absolute atomic E-state index is 0.194. The minimum atomic E-state index is -0.407. The maximum absolute atomic E-state index is 13.9. The first kappa shape index (κ1) is 16.8. The number of aromatic nitrogens is 1. The molecule has 0 radical (unpaired) electrons. The average molecular weight is 362 g/mol. The van der Waals surface area contributed by atoms with E-state index in [0.29, 0.717) is 28.1 Å². The highest BCUT2D eigenvalue weighted by Gasteiger charge is 2.13. The molecule has 0 saturated heterocycles. The highest BCUT2D eigenvalue weighted by Crippen LogP contribution is 2.28. The van der Waals surface area contributed by atoms with Crippen molar-refractivity contribution in [1.82, 2.24) is 4.98 Å². The van der Waals surface area contributed by atoms with Crippen molar-refractivity contribution in [3.8, 4) is 17.2 Å². The Balaban J connectivity index is 1.62. The quantitative estimate of drug-likeness (QED) is 0.561. The number of carbonyl (C=O) groups excluding carboxylic acids is 1. The van der Waals surface area contributed by atoms with Crippen molar-refractivity contribution >= 4 is 22.7 Å². The Morgan fingerprint density at radius 2 is 1.93 bits per heavy atom. The van der Waals surface area contributed by atoms with Crippen LogP contribution < -0.4 is 10.1 Å². The molecule has 0 unspecified atom stereocenters. The Kier molecular flexibility index (Phi) is 4.30. The summed E-state index contributed by atoms with van der Waals surface area (Å²) in [6.45, 7) is 0. The van der Waals surface area contributed by atoms with Gasteiger partial charge in [0, 0.05) is 11.3 Å². The van der Waals surface area contributed by atoms with E-state index in [4.69, 9.17) is 9.15 Å². The van der Waals surface area contributed by atoms with Crippen molar-refractivity contribution < 1.29 is 18.3 Å². The van der Waals surface area contributed by atoms with Gasteiger partial charge in [0.05, 0.1) is 12.7 Å². The van der Waals surface area contributed by atoms with Crippen LogP contribution in [-0.4, -0.2) is 18.0 Å². The molecule has 0 spiro atoms. The number of rotatable bonds is 4. The lowest BCUT2D eigenvalue weighted by Crippen LogP contribution is -2.11. The van der Waals surface area contributed by atoms with Crippen LogP contribution in [0.25, 0.3) is 22.6 Å². The summed E-state index contributed by atoms with van der Waals surface area (Å²) in [7, 11) is 1.54. The minimum Gasteiger partial charge on any atom is -0.497 e. The predicted molar refractivity (Wildman–Crippen MR) is 100 cm³/mol. The van der Waals surface area contributed by atoms with Gasteiger partial charge in [-0.25, -0.2) is 9.37 Å². The van der Waals surface area contributed by atoms with Crippen molar-refractivity contribution in [1.29, 1.82) is 0 Å². The van der Waals surface area contributed by atoms with E-state index in [9.17, 15) is 9.18 Å². The molecule has 0 aliphatic carbocycles. The molecule has 5 nitrogen and oxygen atoms in total. The lowest BCUT2D eigenvalue weighted by Gasteiger charge is -2.06. The van der Waals surface area contributed by atoms with E-state index in [1.54, 1.807) is 67.8 Å². The lowest BCUT2D eigenvalue weighted by atomic mass is 10.2. The first-order valence-corrected chi connectivity index (χ1v) is 8.25. The topological polar surface area (TPSA) is 64.4 Å². The first-order valence-electron chi connectivity index (χ1n) is 8.25. The van der Waals surface area contributed by atoms with Crippen molar-refractivity contribution in [2.75, 3.05) is 12.4 Å². The fourth-order valence-electron chi connectivity index (χ4n) is 2.72. The SMILES string of the molecule is COc1cccc(C(=O)Nc2ccc3oc(-c4ccccc4F)nc3c2)c1. The van der Waals surface area contributed by atoms with Crippen LogP contribution in [0.15, 0.2) is 71.1 Å². The fraction of sp³-hybridized carbons (Fsp3) is 0.0476. The third kappa shape index (κ3) is 3.37. The lowest BCUT2D eigenvalue weighted by molar-refractivity contribution is 0.102. The van der Waals surface area contributed by atoms with Crippen LogP contribution >= 0.6 is 0 Å². The van der Waals surface area contributed by atoms with Crippen molar-refractivity contribution in [2.45, 2.75) is 0 Å². The Morgan fingerprint density at radius 1 is 1.07 bits per heavy atom. The number of nitrogens with zero attached hydrogens (tertiary/aromatic N) is 1. The van der Waals surface area contributed by atoms with Crippen molar-refractivity contribution in [3.63, 3.8) is 0 Å². The Bertz CT molecular complexity index is 1140. The van der Waals surface area contributed by atoms with Gasteiger partial charge in [0.1, 0.15) is 17.1 Å². The molecule has 0 aliphatic rings. The summed E-state index contributed by atoms with van der Waals surface area (Å²) in [6.07, 6.45) is 0. The molecule has 1 aromatic heterocycles. The molecule has 0 bridgehead atoms.